The van der Waals surface area contributed by atoms with Crippen molar-refractivity contribution in [2.75, 3.05) is 26.0 Å². The van der Waals surface area contributed by atoms with Crippen LogP contribution in [0.5, 0.6) is 5.75 Å². The average molecular weight is 341 g/mol. The molecule has 1 amide bonds. The Morgan fingerprint density at radius 3 is 2.65 bits per heavy atom. The van der Waals surface area contributed by atoms with Gasteiger partial charge in [-0.15, -0.1) is 0 Å². The number of methoxy groups -OCH3 is 1. The van der Waals surface area contributed by atoms with Crippen molar-refractivity contribution in [3.05, 3.63) is 18.2 Å². The molecule has 1 atom stereocenters. The molecule has 0 radical (unpaired) electrons. The fraction of sp³-hybridized carbons (Fsp3) is 0.533. The number of sulfonamides is 1. The Kier molecular flexibility index (Phi) is 5.61. The van der Waals surface area contributed by atoms with Crippen molar-refractivity contribution >= 4 is 21.6 Å². The summed E-state index contributed by atoms with van der Waals surface area (Å²) >= 11 is 0. The smallest absolute Gasteiger partial charge is 0.244 e. The molecule has 1 unspecified atom stereocenters. The fourth-order valence-electron chi connectivity index (χ4n) is 2.11. The molecule has 1 aromatic carbocycles. The van der Waals surface area contributed by atoms with E-state index >= 15 is 0 Å². The summed E-state index contributed by atoms with van der Waals surface area (Å²) in [5.41, 5.74) is 0.426. The fourth-order valence-corrected chi connectivity index (χ4v) is 3.61. The van der Waals surface area contributed by atoms with E-state index in [-0.39, 0.29) is 28.5 Å². The number of carbonyl (C=O) groups is 1. The molecule has 0 aromatic heterocycles. The predicted molar refractivity (Wildman–Crippen MR) is 88.1 cm³/mol. The van der Waals surface area contributed by atoms with E-state index < -0.39 is 10.0 Å². The highest BCUT2D eigenvalue weighted by atomic mass is 32.2. The van der Waals surface area contributed by atoms with Crippen LogP contribution in [0, 0.1) is 5.92 Å². The Bertz CT molecular complexity index is 671. The van der Waals surface area contributed by atoms with Gasteiger partial charge in [-0.05, 0) is 38.1 Å². The zero-order valence-corrected chi connectivity index (χ0v) is 14.4. The van der Waals surface area contributed by atoms with Crippen LogP contribution in [0.3, 0.4) is 0 Å². The van der Waals surface area contributed by atoms with Gasteiger partial charge >= 0.3 is 0 Å². The van der Waals surface area contributed by atoms with E-state index in [4.69, 9.17) is 4.74 Å². The van der Waals surface area contributed by atoms with E-state index in [1.807, 2.05) is 0 Å². The lowest BCUT2D eigenvalue weighted by Crippen LogP contribution is -2.29. The Labute approximate surface area is 136 Å². The molecule has 1 aliphatic carbocycles. The summed E-state index contributed by atoms with van der Waals surface area (Å²) in [6.07, 6.45) is 1.69. The van der Waals surface area contributed by atoms with Gasteiger partial charge in [0.2, 0.25) is 15.9 Å². The normalized spacial score (nSPS) is 16.0. The van der Waals surface area contributed by atoms with E-state index in [1.165, 1.54) is 13.2 Å². The molecule has 0 heterocycles. The molecule has 1 saturated carbocycles. The number of hydrogen-bond acceptors (Lipinski definition) is 5. The van der Waals surface area contributed by atoms with Crippen molar-refractivity contribution < 1.29 is 17.9 Å². The minimum atomic E-state index is -3.67. The van der Waals surface area contributed by atoms with Crippen LogP contribution in [-0.2, 0) is 14.8 Å². The standard InChI is InChI=1S/C15H23N3O4S/c1-10(9-16-2)15(19)17-12-6-7-13(22-3)14(8-12)23(20,21)18-11-4-5-11/h6-8,10-11,16,18H,4-5,9H2,1-3H3,(H,17,19). The molecule has 7 nitrogen and oxygen atoms in total. The summed E-state index contributed by atoms with van der Waals surface area (Å²) in [5.74, 6) is -0.158. The van der Waals surface area contributed by atoms with Crippen LogP contribution in [0.1, 0.15) is 19.8 Å². The molecular weight excluding hydrogens is 318 g/mol. The van der Waals surface area contributed by atoms with Crippen molar-refractivity contribution in [1.29, 1.82) is 0 Å². The van der Waals surface area contributed by atoms with Gasteiger partial charge in [0.15, 0.2) is 0 Å². The Morgan fingerprint density at radius 2 is 2.09 bits per heavy atom. The lowest BCUT2D eigenvalue weighted by molar-refractivity contribution is -0.119. The van der Waals surface area contributed by atoms with Crippen molar-refractivity contribution in [3.63, 3.8) is 0 Å². The third-order valence-electron chi connectivity index (χ3n) is 3.58. The molecule has 0 saturated heterocycles. The first-order chi connectivity index (χ1) is 10.9. The van der Waals surface area contributed by atoms with Crippen LogP contribution in [0.2, 0.25) is 0 Å². The summed E-state index contributed by atoms with van der Waals surface area (Å²) in [5, 5.41) is 5.66. The highest BCUT2D eigenvalue weighted by molar-refractivity contribution is 7.89. The maximum Gasteiger partial charge on any atom is 0.244 e. The SMILES string of the molecule is CNCC(C)C(=O)Nc1ccc(OC)c(S(=O)(=O)NC2CC2)c1. The van der Waals surface area contributed by atoms with Gasteiger partial charge in [0, 0.05) is 24.2 Å². The average Bonchev–Trinajstić information content (AvgIpc) is 3.30. The van der Waals surface area contributed by atoms with Crippen molar-refractivity contribution in [3.8, 4) is 5.75 Å². The molecule has 8 heteroatoms. The number of nitrogens with one attached hydrogen (secondary N) is 3. The van der Waals surface area contributed by atoms with Crippen LogP contribution in [0.15, 0.2) is 23.1 Å². The highest BCUT2D eigenvalue weighted by Crippen LogP contribution is 2.29. The first kappa shape index (κ1) is 17.7. The predicted octanol–water partition coefficient (Wildman–Crippen LogP) is 0.930. The quantitative estimate of drug-likeness (QED) is 0.654. The molecule has 128 valence electrons. The molecule has 1 aliphatic rings. The lowest BCUT2D eigenvalue weighted by atomic mass is 10.1. The van der Waals surface area contributed by atoms with Crippen molar-refractivity contribution in [2.24, 2.45) is 5.92 Å². The second-order valence-corrected chi connectivity index (χ2v) is 7.39. The van der Waals surface area contributed by atoms with E-state index in [1.54, 1.807) is 26.1 Å². The molecule has 1 aromatic rings. The van der Waals surface area contributed by atoms with Gasteiger partial charge in [-0.1, -0.05) is 6.92 Å². The van der Waals surface area contributed by atoms with Gasteiger partial charge in [0.1, 0.15) is 10.6 Å². The number of benzene rings is 1. The maximum atomic E-state index is 12.4. The third kappa shape index (κ3) is 4.66. The molecule has 0 bridgehead atoms. The zero-order valence-electron chi connectivity index (χ0n) is 13.5. The second kappa shape index (κ2) is 7.29. The summed E-state index contributed by atoms with van der Waals surface area (Å²) in [6.45, 7) is 2.33. The van der Waals surface area contributed by atoms with Gasteiger partial charge in [0.05, 0.1) is 7.11 Å². The summed E-state index contributed by atoms with van der Waals surface area (Å²) in [6, 6.07) is 4.59. The molecule has 23 heavy (non-hydrogen) atoms. The monoisotopic (exact) mass is 341 g/mol. The van der Waals surface area contributed by atoms with Gasteiger partial charge in [-0.25, -0.2) is 13.1 Å². The summed E-state index contributed by atoms with van der Waals surface area (Å²) < 4.78 is 32.6. The third-order valence-corrected chi connectivity index (χ3v) is 5.12. The van der Waals surface area contributed by atoms with E-state index in [0.717, 1.165) is 12.8 Å². The number of carbonyl (C=O) groups excluding carboxylic acids is 1. The molecular formula is C15H23N3O4S. The molecule has 1 fully saturated rings. The van der Waals surface area contributed by atoms with Gasteiger partial charge < -0.3 is 15.4 Å². The number of rotatable bonds is 8. The number of hydrogen-bond donors (Lipinski definition) is 3. The minimum absolute atomic E-state index is 0.00129. The van der Waals surface area contributed by atoms with Crippen LogP contribution in [0.4, 0.5) is 5.69 Å². The number of amides is 1. The first-order valence-corrected chi connectivity index (χ1v) is 9.01. The topological polar surface area (TPSA) is 96.5 Å². The Balaban J connectivity index is 2.22. The molecule has 0 aliphatic heterocycles. The summed E-state index contributed by atoms with van der Waals surface area (Å²) in [4.78, 5) is 12.1. The number of ether oxygens (including phenoxy) is 1. The van der Waals surface area contributed by atoms with Gasteiger partial charge in [-0.3, -0.25) is 4.79 Å². The van der Waals surface area contributed by atoms with E-state index in [2.05, 4.69) is 15.4 Å². The van der Waals surface area contributed by atoms with Gasteiger partial charge in [0.25, 0.3) is 0 Å². The highest BCUT2D eigenvalue weighted by Gasteiger charge is 2.30. The summed E-state index contributed by atoms with van der Waals surface area (Å²) in [7, 11) is -0.483. The molecule has 3 N–H and O–H groups in total. The lowest BCUT2D eigenvalue weighted by Gasteiger charge is -2.15. The molecule has 0 spiro atoms. The number of anilines is 1. The van der Waals surface area contributed by atoms with E-state index in [0.29, 0.717) is 12.2 Å². The van der Waals surface area contributed by atoms with E-state index in [9.17, 15) is 13.2 Å². The van der Waals surface area contributed by atoms with Gasteiger partial charge in [-0.2, -0.15) is 0 Å². The maximum absolute atomic E-state index is 12.4. The van der Waals surface area contributed by atoms with Crippen LogP contribution < -0.4 is 20.1 Å². The Morgan fingerprint density at radius 1 is 1.39 bits per heavy atom. The zero-order chi connectivity index (χ0) is 17.0. The van der Waals surface area contributed by atoms with Crippen LogP contribution in [-0.4, -0.2) is 41.1 Å². The van der Waals surface area contributed by atoms with Crippen molar-refractivity contribution in [1.82, 2.24) is 10.0 Å². The largest absolute Gasteiger partial charge is 0.495 e. The second-order valence-electron chi connectivity index (χ2n) is 5.71. The first-order valence-electron chi connectivity index (χ1n) is 7.53. The van der Waals surface area contributed by atoms with Crippen LogP contribution in [0.25, 0.3) is 0 Å². The molecule has 2 rings (SSSR count). The van der Waals surface area contributed by atoms with Crippen molar-refractivity contribution in [2.45, 2.75) is 30.7 Å². The van der Waals surface area contributed by atoms with Crippen LogP contribution >= 0.6 is 0 Å². The minimum Gasteiger partial charge on any atom is -0.495 e. The Hall–Kier alpha value is -1.64.